The van der Waals surface area contributed by atoms with Crippen LogP contribution in [0, 0.1) is 0 Å². The zero-order chi connectivity index (χ0) is 9.94. The standard InChI is InChI=1S/C9H14O4/c1-2-4-9(13-8-11)5-3-6-12-7-10/h2,7-9H,1,3-6H2. The molecule has 0 bridgehead atoms. The number of ether oxygens (including phenoxy) is 2. The van der Waals surface area contributed by atoms with E-state index in [0.717, 1.165) is 0 Å². The van der Waals surface area contributed by atoms with E-state index in [1.54, 1.807) is 6.08 Å². The van der Waals surface area contributed by atoms with Crippen molar-refractivity contribution in [1.29, 1.82) is 0 Å². The van der Waals surface area contributed by atoms with Crippen molar-refractivity contribution in [3.05, 3.63) is 12.7 Å². The van der Waals surface area contributed by atoms with Gasteiger partial charge in [0.05, 0.1) is 6.61 Å². The van der Waals surface area contributed by atoms with Gasteiger partial charge in [0.1, 0.15) is 6.10 Å². The first-order chi connectivity index (χ1) is 6.35. The lowest BCUT2D eigenvalue weighted by Crippen LogP contribution is -2.11. The van der Waals surface area contributed by atoms with Gasteiger partial charge < -0.3 is 9.47 Å². The van der Waals surface area contributed by atoms with Crippen LogP contribution in [0.1, 0.15) is 19.3 Å². The third-order valence-electron chi connectivity index (χ3n) is 1.53. The highest BCUT2D eigenvalue weighted by atomic mass is 16.5. The van der Waals surface area contributed by atoms with Crippen LogP contribution < -0.4 is 0 Å². The molecule has 13 heavy (non-hydrogen) atoms. The van der Waals surface area contributed by atoms with E-state index >= 15 is 0 Å². The van der Waals surface area contributed by atoms with E-state index in [1.165, 1.54) is 0 Å². The van der Waals surface area contributed by atoms with Gasteiger partial charge in [0.15, 0.2) is 0 Å². The number of carbonyl (C=O) groups is 2. The molecule has 1 atom stereocenters. The van der Waals surface area contributed by atoms with Crippen molar-refractivity contribution in [1.82, 2.24) is 0 Å². The Labute approximate surface area is 77.5 Å². The highest BCUT2D eigenvalue weighted by molar-refractivity contribution is 5.37. The summed E-state index contributed by atoms with van der Waals surface area (Å²) < 4.78 is 9.26. The van der Waals surface area contributed by atoms with E-state index in [2.05, 4.69) is 11.3 Å². The zero-order valence-electron chi connectivity index (χ0n) is 7.48. The maximum absolute atomic E-state index is 10.0. The SMILES string of the molecule is C=CCC(CCCOC=O)OC=O. The van der Waals surface area contributed by atoms with E-state index in [-0.39, 0.29) is 6.10 Å². The predicted octanol–water partition coefficient (Wildman–Crippen LogP) is 1.06. The second kappa shape index (κ2) is 8.77. The first-order valence-electron chi connectivity index (χ1n) is 4.10. The van der Waals surface area contributed by atoms with Gasteiger partial charge in [-0.1, -0.05) is 6.08 Å². The highest BCUT2D eigenvalue weighted by Gasteiger charge is 2.06. The fourth-order valence-electron chi connectivity index (χ4n) is 0.948. The van der Waals surface area contributed by atoms with Crippen LogP contribution in [-0.4, -0.2) is 25.7 Å². The lowest BCUT2D eigenvalue weighted by molar-refractivity contribution is -0.135. The molecule has 74 valence electrons. The highest BCUT2D eigenvalue weighted by Crippen LogP contribution is 2.06. The Kier molecular flexibility index (Phi) is 7.88. The molecule has 4 heteroatoms. The van der Waals surface area contributed by atoms with Crippen LogP contribution in [-0.2, 0) is 19.1 Å². The van der Waals surface area contributed by atoms with Crippen molar-refractivity contribution < 1.29 is 19.1 Å². The van der Waals surface area contributed by atoms with Crippen molar-refractivity contribution in [3.63, 3.8) is 0 Å². The average Bonchev–Trinajstić information content (AvgIpc) is 2.13. The smallest absolute Gasteiger partial charge is 0.293 e. The summed E-state index contributed by atoms with van der Waals surface area (Å²) in [5.41, 5.74) is 0. The number of carbonyl (C=O) groups excluding carboxylic acids is 2. The fraction of sp³-hybridized carbons (Fsp3) is 0.556. The van der Waals surface area contributed by atoms with Gasteiger partial charge in [0.2, 0.25) is 0 Å². The summed E-state index contributed by atoms with van der Waals surface area (Å²) in [6.07, 6.45) is 3.53. The van der Waals surface area contributed by atoms with E-state index in [9.17, 15) is 9.59 Å². The molecule has 0 spiro atoms. The molecule has 0 saturated carbocycles. The molecule has 0 aliphatic rings. The van der Waals surface area contributed by atoms with Crippen molar-refractivity contribution in [2.75, 3.05) is 6.61 Å². The third-order valence-corrected chi connectivity index (χ3v) is 1.53. The summed E-state index contributed by atoms with van der Waals surface area (Å²) in [4.78, 5) is 19.8. The Morgan fingerprint density at radius 3 is 2.62 bits per heavy atom. The van der Waals surface area contributed by atoms with Gasteiger partial charge in [0.25, 0.3) is 12.9 Å². The molecule has 0 aromatic rings. The number of hydrogen-bond acceptors (Lipinski definition) is 4. The van der Waals surface area contributed by atoms with Crippen LogP contribution >= 0.6 is 0 Å². The number of hydrogen-bond donors (Lipinski definition) is 0. The van der Waals surface area contributed by atoms with Crippen molar-refractivity contribution in [2.24, 2.45) is 0 Å². The third kappa shape index (κ3) is 7.05. The first-order valence-corrected chi connectivity index (χ1v) is 4.10. The molecule has 0 N–H and O–H groups in total. The summed E-state index contributed by atoms with van der Waals surface area (Å²) in [6, 6.07) is 0. The Balaban J connectivity index is 3.48. The van der Waals surface area contributed by atoms with Crippen LogP contribution in [0.5, 0.6) is 0 Å². The molecule has 0 aromatic carbocycles. The summed E-state index contributed by atoms with van der Waals surface area (Å²) >= 11 is 0. The Bertz CT molecular complexity index is 146. The molecule has 0 amide bonds. The molecule has 0 fully saturated rings. The lowest BCUT2D eigenvalue weighted by Gasteiger charge is -2.11. The quantitative estimate of drug-likeness (QED) is 0.307. The molecule has 0 rings (SSSR count). The van der Waals surface area contributed by atoms with E-state index < -0.39 is 0 Å². The van der Waals surface area contributed by atoms with E-state index in [1.807, 2.05) is 0 Å². The molecule has 0 heterocycles. The molecule has 1 unspecified atom stereocenters. The Morgan fingerprint density at radius 1 is 1.31 bits per heavy atom. The average molecular weight is 186 g/mol. The van der Waals surface area contributed by atoms with Crippen molar-refractivity contribution in [2.45, 2.75) is 25.4 Å². The molecule has 0 aromatic heterocycles. The van der Waals surface area contributed by atoms with Gasteiger partial charge in [0, 0.05) is 6.42 Å². The van der Waals surface area contributed by atoms with Crippen LogP contribution in [0.25, 0.3) is 0 Å². The minimum atomic E-state index is -0.148. The summed E-state index contributed by atoms with van der Waals surface area (Å²) in [6.45, 7) is 4.74. The summed E-state index contributed by atoms with van der Waals surface area (Å²) in [7, 11) is 0. The van der Waals surface area contributed by atoms with Crippen molar-refractivity contribution in [3.8, 4) is 0 Å². The molecule has 0 aliphatic carbocycles. The van der Waals surface area contributed by atoms with Gasteiger partial charge in [-0.15, -0.1) is 6.58 Å². The largest absolute Gasteiger partial charge is 0.468 e. The molecule has 4 nitrogen and oxygen atoms in total. The van der Waals surface area contributed by atoms with E-state index in [4.69, 9.17) is 4.74 Å². The molecule has 0 aliphatic heterocycles. The molecule has 0 radical (unpaired) electrons. The van der Waals surface area contributed by atoms with Gasteiger partial charge in [-0.2, -0.15) is 0 Å². The minimum Gasteiger partial charge on any atom is -0.468 e. The first kappa shape index (κ1) is 11.7. The Morgan fingerprint density at radius 2 is 2.08 bits per heavy atom. The number of rotatable bonds is 9. The zero-order valence-corrected chi connectivity index (χ0v) is 7.48. The normalized spacial score (nSPS) is 11.4. The van der Waals surface area contributed by atoms with Crippen molar-refractivity contribution >= 4 is 12.9 Å². The minimum absolute atomic E-state index is 0.148. The molecular weight excluding hydrogens is 172 g/mol. The van der Waals surface area contributed by atoms with Crippen LogP contribution in [0.4, 0.5) is 0 Å². The van der Waals surface area contributed by atoms with Gasteiger partial charge in [-0.05, 0) is 12.8 Å². The second-order valence-corrected chi connectivity index (χ2v) is 2.49. The van der Waals surface area contributed by atoms with Gasteiger partial charge >= 0.3 is 0 Å². The van der Waals surface area contributed by atoms with Crippen LogP contribution in [0.2, 0.25) is 0 Å². The van der Waals surface area contributed by atoms with E-state index in [0.29, 0.717) is 38.8 Å². The molecular formula is C9H14O4. The topological polar surface area (TPSA) is 52.6 Å². The van der Waals surface area contributed by atoms with Crippen LogP contribution in [0.3, 0.4) is 0 Å². The van der Waals surface area contributed by atoms with Gasteiger partial charge in [-0.3, -0.25) is 9.59 Å². The van der Waals surface area contributed by atoms with Gasteiger partial charge in [-0.25, -0.2) is 0 Å². The van der Waals surface area contributed by atoms with Crippen LogP contribution in [0.15, 0.2) is 12.7 Å². The second-order valence-electron chi connectivity index (χ2n) is 2.49. The maximum Gasteiger partial charge on any atom is 0.293 e. The monoisotopic (exact) mass is 186 g/mol. The summed E-state index contributed by atoms with van der Waals surface area (Å²) in [5.74, 6) is 0. The Hall–Kier alpha value is -1.32. The molecule has 0 saturated heterocycles. The predicted molar refractivity (Wildman–Crippen MR) is 47.0 cm³/mol. The maximum atomic E-state index is 10.0. The summed E-state index contributed by atoms with van der Waals surface area (Å²) in [5, 5.41) is 0. The fourth-order valence-corrected chi connectivity index (χ4v) is 0.948. The lowest BCUT2D eigenvalue weighted by atomic mass is 10.1.